The molecule has 4 heteroatoms. The van der Waals surface area contributed by atoms with Crippen molar-refractivity contribution in [1.82, 2.24) is 5.32 Å². The number of carbonyl (C=O) groups is 1. The maximum absolute atomic E-state index is 11.6. The first-order valence-corrected chi connectivity index (χ1v) is 5.59. The Morgan fingerprint density at radius 1 is 1.25 bits per heavy atom. The van der Waals surface area contributed by atoms with Crippen LogP contribution in [0.2, 0.25) is 0 Å². The van der Waals surface area contributed by atoms with Crippen LogP contribution in [0.1, 0.15) is 41.5 Å². The number of nitrogens with one attached hydrogen (secondary N) is 1. The Labute approximate surface area is 98.7 Å². The van der Waals surface area contributed by atoms with Crippen molar-refractivity contribution in [3.63, 3.8) is 0 Å². The van der Waals surface area contributed by atoms with E-state index in [1.807, 2.05) is 34.6 Å². The number of carbonyl (C=O) groups excluding carboxylic acids is 1. The molecule has 0 aliphatic heterocycles. The van der Waals surface area contributed by atoms with Crippen molar-refractivity contribution in [2.24, 2.45) is 0 Å². The highest BCUT2D eigenvalue weighted by molar-refractivity contribution is 5.75. The number of ether oxygens (including phenoxy) is 2. The molecule has 0 saturated heterocycles. The fraction of sp³-hybridized carbons (Fsp3) is 0.917. The van der Waals surface area contributed by atoms with Crippen LogP contribution in [-0.4, -0.2) is 36.9 Å². The molecule has 0 aromatic rings. The van der Waals surface area contributed by atoms with Gasteiger partial charge in [0.1, 0.15) is 11.6 Å². The highest BCUT2D eigenvalue weighted by Gasteiger charge is 2.24. The molecule has 4 nitrogen and oxygen atoms in total. The SMILES string of the molecule is COC(C)(C)CNC(C)C(=O)OC(C)(C)C. The fourth-order valence-electron chi connectivity index (χ4n) is 0.945. The molecule has 0 rings (SSSR count). The Balaban J connectivity index is 4.08. The second-order valence-electron chi connectivity index (χ2n) is 5.60. The average molecular weight is 231 g/mol. The molecule has 0 bridgehead atoms. The quantitative estimate of drug-likeness (QED) is 0.732. The zero-order chi connectivity index (χ0) is 13.0. The van der Waals surface area contributed by atoms with Crippen molar-refractivity contribution in [3.05, 3.63) is 0 Å². The number of esters is 1. The van der Waals surface area contributed by atoms with Crippen LogP contribution in [0.3, 0.4) is 0 Å². The number of hydrogen-bond acceptors (Lipinski definition) is 4. The second kappa shape index (κ2) is 5.64. The van der Waals surface area contributed by atoms with Crippen LogP contribution in [0.4, 0.5) is 0 Å². The maximum Gasteiger partial charge on any atom is 0.323 e. The van der Waals surface area contributed by atoms with Crippen LogP contribution in [0.15, 0.2) is 0 Å². The van der Waals surface area contributed by atoms with Crippen LogP contribution in [0, 0.1) is 0 Å². The van der Waals surface area contributed by atoms with E-state index >= 15 is 0 Å². The summed E-state index contributed by atoms with van der Waals surface area (Å²) in [6, 6.07) is -0.325. The lowest BCUT2D eigenvalue weighted by atomic mass is 10.1. The summed E-state index contributed by atoms with van der Waals surface area (Å²) in [5.41, 5.74) is -0.722. The smallest absolute Gasteiger partial charge is 0.323 e. The van der Waals surface area contributed by atoms with Crippen LogP contribution in [0.25, 0.3) is 0 Å². The standard InChI is InChI=1S/C12H25NO3/c1-9(10(14)16-11(2,3)4)13-8-12(5,6)15-7/h9,13H,8H2,1-7H3. The van der Waals surface area contributed by atoms with Crippen molar-refractivity contribution in [2.45, 2.75) is 58.8 Å². The number of methoxy groups -OCH3 is 1. The van der Waals surface area contributed by atoms with Gasteiger partial charge in [0.05, 0.1) is 5.60 Å². The molecule has 0 amide bonds. The van der Waals surface area contributed by atoms with Gasteiger partial charge in [-0.05, 0) is 41.5 Å². The molecule has 0 aliphatic rings. The predicted octanol–water partition coefficient (Wildman–Crippen LogP) is 1.73. The molecule has 0 aromatic heterocycles. The van der Waals surface area contributed by atoms with Crippen LogP contribution < -0.4 is 5.32 Å². The van der Waals surface area contributed by atoms with Gasteiger partial charge in [0, 0.05) is 13.7 Å². The molecule has 1 unspecified atom stereocenters. The van der Waals surface area contributed by atoms with E-state index in [1.165, 1.54) is 0 Å². The molecule has 0 radical (unpaired) electrons. The molecule has 0 heterocycles. The summed E-state index contributed by atoms with van der Waals surface area (Å²) < 4.78 is 10.5. The summed E-state index contributed by atoms with van der Waals surface area (Å²) in [7, 11) is 1.65. The van der Waals surface area contributed by atoms with Gasteiger partial charge in [-0.15, -0.1) is 0 Å². The molecule has 16 heavy (non-hydrogen) atoms. The van der Waals surface area contributed by atoms with E-state index in [0.29, 0.717) is 6.54 Å². The Kier molecular flexibility index (Phi) is 5.42. The van der Waals surface area contributed by atoms with E-state index in [0.717, 1.165) is 0 Å². The third-order valence-electron chi connectivity index (χ3n) is 2.15. The molecule has 0 saturated carbocycles. The highest BCUT2D eigenvalue weighted by atomic mass is 16.6. The first-order valence-electron chi connectivity index (χ1n) is 5.59. The minimum Gasteiger partial charge on any atom is -0.459 e. The minimum absolute atomic E-state index is 0.237. The monoisotopic (exact) mass is 231 g/mol. The molecule has 0 aliphatic carbocycles. The molecular weight excluding hydrogens is 206 g/mol. The molecule has 0 fully saturated rings. The van der Waals surface area contributed by atoms with Gasteiger partial charge < -0.3 is 14.8 Å². The lowest BCUT2D eigenvalue weighted by Crippen LogP contribution is -2.45. The summed E-state index contributed by atoms with van der Waals surface area (Å²) in [6.07, 6.45) is 0. The van der Waals surface area contributed by atoms with Crippen LogP contribution in [-0.2, 0) is 14.3 Å². The van der Waals surface area contributed by atoms with Gasteiger partial charge in [-0.3, -0.25) is 4.79 Å². The summed E-state index contributed by atoms with van der Waals surface area (Å²) in [5.74, 6) is -0.237. The molecule has 1 atom stereocenters. The van der Waals surface area contributed by atoms with Gasteiger partial charge in [0.2, 0.25) is 0 Å². The third kappa shape index (κ3) is 6.80. The normalized spacial score (nSPS) is 14.7. The molecule has 0 spiro atoms. The zero-order valence-corrected chi connectivity index (χ0v) is 11.5. The lowest BCUT2D eigenvalue weighted by Gasteiger charge is -2.27. The van der Waals surface area contributed by atoms with Gasteiger partial charge in [0.15, 0.2) is 0 Å². The van der Waals surface area contributed by atoms with Crippen molar-refractivity contribution < 1.29 is 14.3 Å². The summed E-state index contributed by atoms with van der Waals surface area (Å²) in [4.78, 5) is 11.6. The first kappa shape index (κ1) is 15.4. The summed E-state index contributed by atoms with van der Waals surface area (Å²) in [5, 5.41) is 3.10. The average Bonchev–Trinajstić information content (AvgIpc) is 2.11. The van der Waals surface area contributed by atoms with Gasteiger partial charge in [0.25, 0.3) is 0 Å². The molecule has 96 valence electrons. The van der Waals surface area contributed by atoms with E-state index < -0.39 is 5.60 Å². The maximum atomic E-state index is 11.6. The Bertz CT molecular complexity index is 231. The van der Waals surface area contributed by atoms with Gasteiger partial charge in [-0.1, -0.05) is 0 Å². The highest BCUT2D eigenvalue weighted by Crippen LogP contribution is 2.09. The van der Waals surface area contributed by atoms with Crippen molar-refractivity contribution >= 4 is 5.97 Å². The van der Waals surface area contributed by atoms with Gasteiger partial charge in [-0.2, -0.15) is 0 Å². The van der Waals surface area contributed by atoms with E-state index in [9.17, 15) is 4.79 Å². The predicted molar refractivity (Wildman–Crippen MR) is 64.4 cm³/mol. The Morgan fingerprint density at radius 3 is 2.12 bits per heavy atom. The summed E-state index contributed by atoms with van der Waals surface area (Å²) in [6.45, 7) is 11.9. The summed E-state index contributed by atoms with van der Waals surface area (Å²) >= 11 is 0. The number of hydrogen-bond donors (Lipinski definition) is 1. The minimum atomic E-state index is -0.441. The number of rotatable bonds is 5. The first-order chi connectivity index (χ1) is 7.07. The zero-order valence-electron chi connectivity index (χ0n) is 11.5. The molecule has 0 aromatic carbocycles. The Morgan fingerprint density at radius 2 is 1.75 bits per heavy atom. The van der Waals surface area contributed by atoms with Gasteiger partial charge in [-0.25, -0.2) is 0 Å². The van der Waals surface area contributed by atoms with E-state index in [4.69, 9.17) is 9.47 Å². The molecule has 1 N–H and O–H groups in total. The van der Waals surface area contributed by atoms with Crippen molar-refractivity contribution in [3.8, 4) is 0 Å². The van der Waals surface area contributed by atoms with Gasteiger partial charge >= 0.3 is 5.97 Å². The fourth-order valence-corrected chi connectivity index (χ4v) is 0.945. The second-order valence-corrected chi connectivity index (χ2v) is 5.60. The van der Waals surface area contributed by atoms with Crippen LogP contribution >= 0.6 is 0 Å². The van der Waals surface area contributed by atoms with Crippen molar-refractivity contribution in [1.29, 1.82) is 0 Å². The third-order valence-corrected chi connectivity index (χ3v) is 2.15. The topological polar surface area (TPSA) is 47.6 Å². The largest absolute Gasteiger partial charge is 0.459 e. The van der Waals surface area contributed by atoms with E-state index in [1.54, 1.807) is 14.0 Å². The van der Waals surface area contributed by atoms with E-state index in [2.05, 4.69) is 5.32 Å². The van der Waals surface area contributed by atoms with E-state index in [-0.39, 0.29) is 17.6 Å². The Hall–Kier alpha value is -0.610. The molecular formula is C12H25NO3. The van der Waals surface area contributed by atoms with Crippen LogP contribution in [0.5, 0.6) is 0 Å². The van der Waals surface area contributed by atoms with Crippen molar-refractivity contribution in [2.75, 3.05) is 13.7 Å². The lowest BCUT2D eigenvalue weighted by molar-refractivity contribution is -0.157.